The van der Waals surface area contributed by atoms with Crippen molar-refractivity contribution >= 4 is 0 Å². The molecule has 15 heavy (non-hydrogen) atoms. The highest BCUT2D eigenvalue weighted by Gasteiger charge is 2.15. The quantitative estimate of drug-likeness (QED) is 0.775. The van der Waals surface area contributed by atoms with Crippen LogP contribution in [0.25, 0.3) is 0 Å². The van der Waals surface area contributed by atoms with Crippen LogP contribution in [0.2, 0.25) is 0 Å². The van der Waals surface area contributed by atoms with Crippen LogP contribution in [-0.2, 0) is 0 Å². The van der Waals surface area contributed by atoms with Crippen LogP contribution in [0.5, 0.6) is 0 Å². The second-order valence-electron chi connectivity index (χ2n) is 4.21. The number of nitrogens with zero attached hydrogens (tertiary/aromatic N) is 1. The van der Waals surface area contributed by atoms with E-state index in [4.69, 9.17) is 0 Å². The van der Waals surface area contributed by atoms with Gasteiger partial charge in [-0.15, -0.1) is 0 Å². The lowest BCUT2D eigenvalue weighted by Crippen LogP contribution is -2.38. The lowest BCUT2D eigenvalue weighted by Gasteiger charge is -2.24. The lowest BCUT2D eigenvalue weighted by molar-refractivity contribution is 0.201. The molecule has 2 atom stereocenters. The second-order valence-corrected chi connectivity index (χ2v) is 4.21. The normalized spacial score (nSPS) is 15.3. The molecule has 0 aliphatic heterocycles. The predicted molar refractivity (Wildman–Crippen MR) is 61.5 cm³/mol. The Hall–Kier alpha value is -0.930. The zero-order chi connectivity index (χ0) is 11.3. The highest BCUT2D eigenvalue weighted by Crippen LogP contribution is 2.13. The van der Waals surface area contributed by atoms with Crippen LogP contribution in [0, 0.1) is 5.92 Å². The third kappa shape index (κ3) is 3.61. The number of aromatic nitrogens is 1. The second kappa shape index (κ2) is 5.83. The zero-order valence-corrected chi connectivity index (χ0v) is 9.64. The highest BCUT2D eigenvalue weighted by molar-refractivity contribution is 5.13. The number of pyridine rings is 1. The van der Waals surface area contributed by atoms with E-state index in [1.807, 2.05) is 18.3 Å². The Balaban J connectivity index is 2.58. The number of aliphatic hydroxyl groups is 1. The van der Waals surface area contributed by atoms with Crippen molar-refractivity contribution in [2.75, 3.05) is 6.61 Å². The van der Waals surface area contributed by atoms with Gasteiger partial charge in [0.15, 0.2) is 0 Å². The van der Waals surface area contributed by atoms with E-state index in [0.29, 0.717) is 5.92 Å². The SMILES string of the molecule is CC(C)[C@@H](CO)N[C@@H](C)c1cccnc1. The van der Waals surface area contributed by atoms with Crippen LogP contribution < -0.4 is 5.32 Å². The Morgan fingerprint density at radius 1 is 1.40 bits per heavy atom. The lowest BCUT2D eigenvalue weighted by atomic mass is 10.0. The smallest absolute Gasteiger partial charge is 0.0587 e. The van der Waals surface area contributed by atoms with Crippen LogP contribution >= 0.6 is 0 Å². The average Bonchev–Trinajstić information content (AvgIpc) is 2.26. The summed E-state index contributed by atoms with van der Waals surface area (Å²) < 4.78 is 0. The molecule has 0 spiro atoms. The van der Waals surface area contributed by atoms with Gasteiger partial charge < -0.3 is 10.4 Å². The van der Waals surface area contributed by atoms with E-state index in [2.05, 4.69) is 31.1 Å². The summed E-state index contributed by atoms with van der Waals surface area (Å²) >= 11 is 0. The van der Waals surface area contributed by atoms with Crippen molar-refractivity contribution in [1.82, 2.24) is 10.3 Å². The molecule has 2 N–H and O–H groups in total. The standard InChI is InChI=1S/C12H20N2O/c1-9(2)12(8-15)14-10(3)11-5-4-6-13-7-11/h4-7,9-10,12,14-15H,8H2,1-3H3/t10-,12+/m0/s1. The van der Waals surface area contributed by atoms with Gasteiger partial charge >= 0.3 is 0 Å². The summed E-state index contributed by atoms with van der Waals surface area (Å²) in [4.78, 5) is 4.08. The molecule has 0 saturated carbocycles. The molecule has 0 amide bonds. The van der Waals surface area contributed by atoms with Gasteiger partial charge in [0.05, 0.1) is 6.61 Å². The minimum absolute atomic E-state index is 0.139. The Morgan fingerprint density at radius 3 is 2.60 bits per heavy atom. The third-order valence-electron chi connectivity index (χ3n) is 2.65. The van der Waals surface area contributed by atoms with E-state index in [0.717, 1.165) is 5.56 Å². The molecule has 0 saturated heterocycles. The first-order valence-electron chi connectivity index (χ1n) is 5.42. The van der Waals surface area contributed by atoms with Gasteiger partial charge in [-0.2, -0.15) is 0 Å². The molecule has 1 aromatic rings. The third-order valence-corrected chi connectivity index (χ3v) is 2.65. The Bertz CT molecular complexity index is 274. The fourth-order valence-electron chi connectivity index (χ4n) is 1.51. The number of nitrogens with one attached hydrogen (secondary N) is 1. The first kappa shape index (κ1) is 12.1. The topological polar surface area (TPSA) is 45.1 Å². The maximum atomic E-state index is 9.21. The summed E-state index contributed by atoms with van der Waals surface area (Å²) in [6.07, 6.45) is 3.62. The van der Waals surface area contributed by atoms with E-state index >= 15 is 0 Å². The monoisotopic (exact) mass is 208 g/mol. The van der Waals surface area contributed by atoms with Crippen molar-refractivity contribution in [1.29, 1.82) is 0 Å². The van der Waals surface area contributed by atoms with Gasteiger partial charge in [0.1, 0.15) is 0 Å². The molecular formula is C12H20N2O. The van der Waals surface area contributed by atoms with E-state index in [9.17, 15) is 5.11 Å². The fraction of sp³-hybridized carbons (Fsp3) is 0.583. The predicted octanol–water partition coefficient (Wildman–Crippen LogP) is 1.75. The minimum Gasteiger partial charge on any atom is -0.395 e. The summed E-state index contributed by atoms with van der Waals surface area (Å²) in [5.41, 5.74) is 1.15. The number of rotatable bonds is 5. The molecule has 1 heterocycles. The van der Waals surface area contributed by atoms with Crippen LogP contribution in [0.1, 0.15) is 32.4 Å². The first-order valence-corrected chi connectivity index (χ1v) is 5.42. The molecular weight excluding hydrogens is 188 g/mol. The van der Waals surface area contributed by atoms with Crippen molar-refractivity contribution in [3.8, 4) is 0 Å². The number of hydrogen-bond donors (Lipinski definition) is 2. The van der Waals surface area contributed by atoms with Gasteiger partial charge in [-0.05, 0) is 24.5 Å². The summed E-state index contributed by atoms with van der Waals surface area (Å²) in [6.45, 7) is 6.46. The van der Waals surface area contributed by atoms with E-state index in [1.54, 1.807) is 6.20 Å². The van der Waals surface area contributed by atoms with E-state index in [1.165, 1.54) is 0 Å². The Morgan fingerprint density at radius 2 is 2.13 bits per heavy atom. The van der Waals surface area contributed by atoms with Crippen molar-refractivity contribution in [2.24, 2.45) is 5.92 Å². The summed E-state index contributed by atoms with van der Waals surface area (Å²) in [5.74, 6) is 0.425. The van der Waals surface area contributed by atoms with E-state index in [-0.39, 0.29) is 18.7 Å². The maximum Gasteiger partial charge on any atom is 0.0587 e. The molecule has 0 radical (unpaired) electrons. The molecule has 3 nitrogen and oxygen atoms in total. The number of hydrogen-bond acceptors (Lipinski definition) is 3. The molecule has 0 aliphatic carbocycles. The summed E-state index contributed by atoms with van der Waals surface area (Å²) in [7, 11) is 0. The van der Waals surface area contributed by atoms with Crippen molar-refractivity contribution in [2.45, 2.75) is 32.9 Å². The van der Waals surface area contributed by atoms with Crippen LogP contribution in [0.3, 0.4) is 0 Å². The van der Waals surface area contributed by atoms with Gasteiger partial charge in [-0.1, -0.05) is 19.9 Å². The maximum absolute atomic E-state index is 9.21. The number of aliphatic hydroxyl groups excluding tert-OH is 1. The van der Waals surface area contributed by atoms with Crippen LogP contribution in [-0.4, -0.2) is 22.7 Å². The van der Waals surface area contributed by atoms with Gasteiger partial charge in [0, 0.05) is 24.5 Å². The molecule has 0 aromatic carbocycles. The zero-order valence-electron chi connectivity index (χ0n) is 9.64. The van der Waals surface area contributed by atoms with Crippen molar-refractivity contribution < 1.29 is 5.11 Å². The van der Waals surface area contributed by atoms with Crippen LogP contribution in [0.15, 0.2) is 24.5 Å². The van der Waals surface area contributed by atoms with Gasteiger partial charge in [-0.3, -0.25) is 4.98 Å². The largest absolute Gasteiger partial charge is 0.395 e. The van der Waals surface area contributed by atoms with Gasteiger partial charge in [0.25, 0.3) is 0 Å². The minimum atomic E-state index is 0.139. The average molecular weight is 208 g/mol. The van der Waals surface area contributed by atoms with Gasteiger partial charge in [0.2, 0.25) is 0 Å². The summed E-state index contributed by atoms with van der Waals surface area (Å²) in [6, 6.07) is 4.33. The first-order chi connectivity index (χ1) is 7.15. The molecule has 3 heteroatoms. The van der Waals surface area contributed by atoms with E-state index < -0.39 is 0 Å². The Labute approximate surface area is 91.5 Å². The molecule has 0 bridgehead atoms. The summed E-state index contributed by atoms with van der Waals surface area (Å²) in [5, 5.41) is 12.6. The Kier molecular flexibility index (Phi) is 4.72. The molecule has 1 aromatic heterocycles. The van der Waals surface area contributed by atoms with Crippen molar-refractivity contribution in [3.05, 3.63) is 30.1 Å². The van der Waals surface area contributed by atoms with Gasteiger partial charge in [-0.25, -0.2) is 0 Å². The molecule has 84 valence electrons. The van der Waals surface area contributed by atoms with Crippen LogP contribution in [0.4, 0.5) is 0 Å². The fourth-order valence-corrected chi connectivity index (χ4v) is 1.51. The highest BCUT2D eigenvalue weighted by atomic mass is 16.3. The molecule has 0 aliphatic rings. The molecule has 0 unspecified atom stereocenters. The van der Waals surface area contributed by atoms with Crippen molar-refractivity contribution in [3.63, 3.8) is 0 Å². The molecule has 0 fully saturated rings. The molecule has 1 rings (SSSR count).